The Kier molecular flexibility index (Phi) is 6.63. The first-order chi connectivity index (χ1) is 19.4. The number of ether oxygens (including phenoxy) is 1. The molecule has 40 heavy (non-hydrogen) atoms. The highest BCUT2D eigenvalue weighted by atomic mass is 32.2. The van der Waals surface area contributed by atoms with Crippen LogP contribution in [0.2, 0.25) is 0 Å². The number of nitrogens with zero attached hydrogens (tertiary/aromatic N) is 3. The minimum Gasteiger partial charge on any atom is -0.457 e. The van der Waals surface area contributed by atoms with Gasteiger partial charge in [0.2, 0.25) is 0 Å². The van der Waals surface area contributed by atoms with Crippen molar-refractivity contribution in [3.8, 4) is 22.8 Å². The summed E-state index contributed by atoms with van der Waals surface area (Å²) in [5, 5.41) is 3.29. The maximum absolute atomic E-state index is 12.7. The number of para-hydroxylation sites is 2. The predicted molar refractivity (Wildman–Crippen MR) is 157 cm³/mol. The summed E-state index contributed by atoms with van der Waals surface area (Å²) >= 11 is 0. The van der Waals surface area contributed by atoms with E-state index in [0.29, 0.717) is 22.9 Å². The maximum Gasteiger partial charge on any atom is 0.261 e. The number of aryl methyl sites for hydroxylation is 1. The molecule has 2 N–H and O–H groups in total. The van der Waals surface area contributed by atoms with E-state index in [4.69, 9.17) is 9.72 Å². The zero-order chi connectivity index (χ0) is 27.5. The predicted octanol–water partition coefficient (Wildman–Crippen LogP) is 7.04. The normalized spacial score (nSPS) is 11.3. The van der Waals surface area contributed by atoms with Crippen molar-refractivity contribution in [2.45, 2.75) is 11.8 Å². The lowest BCUT2D eigenvalue weighted by Gasteiger charge is -2.10. The standard InChI is InChI=1S/C31H25N5O3S/c1-22-11-17-26(18-12-22)40(37,38)35-24-15-13-23(14-16-24)33-30-31-34-28(21-36(31)20-19-32-30)27-9-5-6-10-29(27)39-25-7-3-2-4-8-25/h2-21,35H,1H3,(H,32,33). The van der Waals surface area contributed by atoms with E-state index in [1.54, 1.807) is 54.7 Å². The van der Waals surface area contributed by atoms with Gasteiger partial charge in [-0.2, -0.15) is 0 Å². The first-order valence-corrected chi connectivity index (χ1v) is 14.1. The molecule has 0 atom stereocenters. The van der Waals surface area contributed by atoms with E-state index in [1.165, 1.54) is 0 Å². The van der Waals surface area contributed by atoms with E-state index in [2.05, 4.69) is 15.0 Å². The number of fused-ring (bicyclic) bond motifs is 1. The largest absolute Gasteiger partial charge is 0.457 e. The molecule has 2 aromatic heterocycles. The third-order valence-corrected chi connectivity index (χ3v) is 7.64. The van der Waals surface area contributed by atoms with Gasteiger partial charge in [-0.25, -0.2) is 18.4 Å². The zero-order valence-corrected chi connectivity index (χ0v) is 22.3. The SMILES string of the molecule is Cc1ccc(S(=O)(=O)Nc2ccc(Nc3nccn4cc(-c5ccccc5Oc5ccccc5)nc34)cc2)cc1. The van der Waals surface area contributed by atoms with Crippen LogP contribution in [0.4, 0.5) is 17.2 Å². The van der Waals surface area contributed by atoms with E-state index < -0.39 is 10.0 Å². The second-order valence-corrected chi connectivity index (χ2v) is 10.8. The summed E-state index contributed by atoms with van der Waals surface area (Å²) in [5.74, 6) is 2.00. The van der Waals surface area contributed by atoms with Gasteiger partial charge < -0.3 is 14.5 Å². The Balaban J connectivity index is 1.23. The van der Waals surface area contributed by atoms with Crippen LogP contribution in [-0.2, 0) is 10.0 Å². The first-order valence-electron chi connectivity index (χ1n) is 12.6. The number of nitrogens with one attached hydrogen (secondary N) is 2. The summed E-state index contributed by atoms with van der Waals surface area (Å²) in [6.45, 7) is 1.91. The van der Waals surface area contributed by atoms with Crippen LogP contribution >= 0.6 is 0 Å². The van der Waals surface area contributed by atoms with Gasteiger partial charge in [0.25, 0.3) is 10.0 Å². The fourth-order valence-electron chi connectivity index (χ4n) is 4.21. The van der Waals surface area contributed by atoms with Crippen molar-refractivity contribution < 1.29 is 13.2 Å². The van der Waals surface area contributed by atoms with E-state index in [1.807, 2.05) is 78.3 Å². The van der Waals surface area contributed by atoms with Crippen LogP contribution in [0.5, 0.6) is 11.5 Å². The van der Waals surface area contributed by atoms with Gasteiger partial charge in [-0.05, 0) is 67.6 Å². The number of sulfonamides is 1. The molecule has 0 unspecified atom stereocenters. The molecule has 2 heterocycles. The molecular formula is C31H25N5O3S. The summed E-state index contributed by atoms with van der Waals surface area (Å²) in [7, 11) is -3.68. The molecule has 6 rings (SSSR count). The second kappa shape index (κ2) is 10.5. The summed E-state index contributed by atoms with van der Waals surface area (Å²) in [5.41, 5.74) is 4.41. The van der Waals surface area contributed by atoms with Gasteiger partial charge in [0, 0.05) is 35.5 Å². The lowest BCUT2D eigenvalue weighted by Crippen LogP contribution is -2.12. The van der Waals surface area contributed by atoms with Crippen molar-refractivity contribution in [3.05, 3.63) is 127 Å². The van der Waals surface area contributed by atoms with Crippen molar-refractivity contribution in [1.29, 1.82) is 0 Å². The van der Waals surface area contributed by atoms with E-state index in [-0.39, 0.29) is 4.90 Å². The number of benzene rings is 4. The van der Waals surface area contributed by atoms with Crippen LogP contribution in [0.3, 0.4) is 0 Å². The van der Waals surface area contributed by atoms with Crippen LogP contribution in [0.15, 0.2) is 127 Å². The molecule has 198 valence electrons. The molecule has 4 aromatic carbocycles. The number of hydrogen-bond acceptors (Lipinski definition) is 6. The molecule has 8 nitrogen and oxygen atoms in total. The number of aromatic nitrogens is 3. The Bertz CT molecular complexity index is 1890. The molecule has 0 spiro atoms. The highest BCUT2D eigenvalue weighted by molar-refractivity contribution is 7.92. The number of imidazole rings is 1. The topological polar surface area (TPSA) is 97.6 Å². The molecule has 6 aromatic rings. The van der Waals surface area contributed by atoms with Crippen molar-refractivity contribution in [2.24, 2.45) is 0 Å². The Morgan fingerprint density at radius 2 is 1.50 bits per heavy atom. The van der Waals surface area contributed by atoms with Gasteiger partial charge in [0.05, 0.1) is 10.6 Å². The Morgan fingerprint density at radius 3 is 2.27 bits per heavy atom. The molecule has 0 fully saturated rings. The summed E-state index contributed by atoms with van der Waals surface area (Å²) < 4.78 is 36.1. The van der Waals surface area contributed by atoms with E-state index in [0.717, 1.165) is 28.3 Å². The molecule has 0 amide bonds. The molecule has 0 aliphatic heterocycles. The zero-order valence-electron chi connectivity index (χ0n) is 21.5. The third kappa shape index (κ3) is 5.36. The minimum absolute atomic E-state index is 0.210. The van der Waals surface area contributed by atoms with Gasteiger partial charge in [-0.15, -0.1) is 0 Å². The number of rotatable bonds is 8. The lowest BCUT2D eigenvalue weighted by atomic mass is 10.1. The quantitative estimate of drug-likeness (QED) is 0.212. The van der Waals surface area contributed by atoms with Gasteiger partial charge in [-0.1, -0.05) is 48.0 Å². The van der Waals surface area contributed by atoms with Gasteiger partial charge in [-0.3, -0.25) is 4.72 Å². The Labute approximate surface area is 232 Å². The summed E-state index contributed by atoms with van der Waals surface area (Å²) in [6, 6.07) is 31.0. The minimum atomic E-state index is -3.68. The van der Waals surface area contributed by atoms with Crippen LogP contribution in [0.1, 0.15) is 5.56 Å². The second-order valence-electron chi connectivity index (χ2n) is 9.17. The monoisotopic (exact) mass is 547 g/mol. The Morgan fingerprint density at radius 1 is 0.800 bits per heavy atom. The third-order valence-electron chi connectivity index (χ3n) is 6.24. The van der Waals surface area contributed by atoms with Crippen molar-refractivity contribution >= 4 is 32.9 Å². The van der Waals surface area contributed by atoms with Crippen molar-refractivity contribution in [1.82, 2.24) is 14.4 Å². The van der Waals surface area contributed by atoms with E-state index in [9.17, 15) is 8.42 Å². The van der Waals surface area contributed by atoms with Gasteiger partial charge >= 0.3 is 0 Å². The van der Waals surface area contributed by atoms with E-state index >= 15 is 0 Å². The van der Waals surface area contributed by atoms with Crippen LogP contribution in [0, 0.1) is 6.92 Å². The smallest absolute Gasteiger partial charge is 0.261 e. The molecule has 9 heteroatoms. The fraction of sp³-hybridized carbons (Fsp3) is 0.0323. The summed E-state index contributed by atoms with van der Waals surface area (Å²) in [6.07, 6.45) is 5.45. The van der Waals surface area contributed by atoms with Crippen LogP contribution in [-0.4, -0.2) is 22.8 Å². The molecule has 0 bridgehead atoms. The molecule has 0 saturated heterocycles. The summed E-state index contributed by atoms with van der Waals surface area (Å²) in [4.78, 5) is 9.55. The first kappa shape index (κ1) is 25.1. The van der Waals surface area contributed by atoms with Crippen LogP contribution < -0.4 is 14.8 Å². The molecular weight excluding hydrogens is 522 g/mol. The Hall–Kier alpha value is -5.15. The molecule has 0 saturated carbocycles. The maximum atomic E-state index is 12.7. The fourth-order valence-corrected chi connectivity index (χ4v) is 5.27. The molecule has 0 aliphatic rings. The number of hydrogen-bond donors (Lipinski definition) is 2. The molecule has 0 aliphatic carbocycles. The van der Waals surface area contributed by atoms with Crippen molar-refractivity contribution in [2.75, 3.05) is 10.0 Å². The number of anilines is 3. The highest BCUT2D eigenvalue weighted by Crippen LogP contribution is 2.33. The van der Waals surface area contributed by atoms with Crippen molar-refractivity contribution in [3.63, 3.8) is 0 Å². The van der Waals surface area contributed by atoms with Crippen LogP contribution in [0.25, 0.3) is 16.9 Å². The van der Waals surface area contributed by atoms with Gasteiger partial charge in [0.15, 0.2) is 11.5 Å². The molecule has 0 radical (unpaired) electrons. The lowest BCUT2D eigenvalue weighted by molar-refractivity contribution is 0.484. The van der Waals surface area contributed by atoms with Gasteiger partial charge in [0.1, 0.15) is 11.5 Å². The average molecular weight is 548 g/mol. The average Bonchev–Trinajstić information content (AvgIpc) is 3.40. The highest BCUT2D eigenvalue weighted by Gasteiger charge is 2.15.